The predicted molar refractivity (Wildman–Crippen MR) is 58.9 cm³/mol. The van der Waals surface area contributed by atoms with Crippen molar-refractivity contribution < 1.29 is 4.84 Å². The Hall–Kier alpha value is -0.910. The standard InChI is InChI=1S/C10H13N3OS/c1-7-8(10(2-3-10)6-14-11)13-4-5-15-9(13)12-7/h4-5H,2-3,6,11H2,1H3. The Morgan fingerprint density at radius 2 is 2.47 bits per heavy atom. The van der Waals surface area contributed by atoms with Crippen molar-refractivity contribution >= 4 is 16.3 Å². The third kappa shape index (κ3) is 1.24. The molecule has 80 valence electrons. The van der Waals surface area contributed by atoms with E-state index < -0.39 is 0 Å². The van der Waals surface area contributed by atoms with Crippen LogP contribution in [-0.2, 0) is 10.3 Å². The minimum absolute atomic E-state index is 0.124. The smallest absolute Gasteiger partial charge is 0.194 e. The van der Waals surface area contributed by atoms with Crippen molar-refractivity contribution in [2.45, 2.75) is 25.2 Å². The van der Waals surface area contributed by atoms with E-state index in [0.717, 1.165) is 23.5 Å². The summed E-state index contributed by atoms with van der Waals surface area (Å²) in [7, 11) is 0. The van der Waals surface area contributed by atoms with Crippen LogP contribution < -0.4 is 5.90 Å². The van der Waals surface area contributed by atoms with E-state index in [2.05, 4.69) is 27.9 Å². The summed E-state index contributed by atoms with van der Waals surface area (Å²) in [5.74, 6) is 5.20. The van der Waals surface area contributed by atoms with Crippen LogP contribution in [0.15, 0.2) is 11.6 Å². The molecule has 0 unspecified atom stereocenters. The molecule has 1 saturated carbocycles. The molecule has 0 spiro atoms. The summed E-state index contributed by atoms with van der Waals surface area (Å²) in [5.41, 5.74) is 2.51. The minimum atomic E-state index is 0.124. The highest BCUT2D eigenvalue weighted by Crippen LogP contribution is 2.49. The summed E-state index contributed by atoms with van der Waals surface area (Å²) >= 11 is 1.66. The molecule has 15 heavy (non-hydrogen) atoms. The predicted octanol–water partition coefficient (Wildman–Crippen LogP) is 1.63. The summed E-state index contributed by atoms with van der Waals surface area (Å²) in [5, 5.41) is 2.06. The first-order valence-corrected chi connectivity index (χ1v) is 5.89. The first kappa shape index (κ1) is 9.33. The maximum absolute atomic E-state index is 5.20. The van der Waals surface area contributed by atoms with Crippen molar-refractivity contribution in [1.29, 1.82) is 0 Å². The van der Waals surface area contributed by atoms with Crippen molar-refractivity contribution in [3.63, 3.8) is 0 Å². The van der Waals surface area contributed by atoms with Gasteiger partial charge in [-0.15, -0.1) is 11.3 Å². The third-order valence-corrected chi connectivity index (χ3v) is 3.91. The fraction of sp³-hybridized carbons (Fsp3) is 0.500. The van der Waals surface area contributed by atoms with E-state index in [1.165, 1.54) is 5.69 Å². The van der Waals surface area contributed by atoms with Crippen LogP contribution in [0.2, 0.25) is 0 Å². The molecular weight excluding hydrogens is 210 g/mol. The second-order valence-electron chi connectivity index (χ2n) is 4.19. The number of hydrogen-bond acceptors (Lipinski definition) is 4. The molecule has 3 rings (SSSR count). The quantitative estimate of drug-likeness (QED) is 0.805. The molecule has 0 aromatic carbocycles. The van der Waals surface area contributed by atoms with Gasteiger partial charge in [0, 0.05) is 17.0 Å². The molecule has 0 radical (unpaired) electrons. The molecule has 2 aromatic rings. The fourth-order valence-corrected chi connectivity index (χ4v) is 3.05. The van der Waals surface area contributed by atoms with Crippen LogP contribution >= 0.6 is 11.3 Å². The fourth-order valence-electron chi connectivity index (χ4n) is 2.29. The van der Waals surface area contributed by atoms with Crippen LogP contribution in [0.1, 0.15) is 24.2 Å². The van der Waals surface area contributed by atoms with E-state index >= 15 is 0 Å². The Bertz CT molecular complexity index is 498. The lowest BCUT2D eigenvalue weighted by Gasteiger charge is -2.13. The number of rotatable bonds is 3. The number of aryl methyl sites for hydroxylation is 1. The second-order valence-corrected chi connectivity index (χ2v) is 5.07. The number of imidazole rings is 1. The summed E-state index contributed by atoms with van der Waals surface area (Å²) in [6.45, 7) is 2.66. The Kier molecular flexibility index (Phi) is 1.89. The van der Waals surface area contributed by atoms with E-state index in [1.807, 2.05) is 0 Å². The topological polar surface area (TPSA) is 52.5 Å². The number of nitrogens with two attached hydrogens (primary N) is 1. The van der Waals surface area contributed by atoms with Crippen LogP contribution in [0.5, 0.6) is 0 Å². The van der Waals surface area contributed by atoms with Crippen molar-refractivity contribution in [2.75, 3.05) is 6.61 Å². The molecule has 2 aromatic heterocycles. The average Bonchev–Trinajstić information content (AvgIpc) is 2.69. The van der Waals surface area contributed by atoms with Gasteiger partial charge in [-0.05, 0) is 19.8 Å². The van der Waals surface area contributed by atoms with Gasteiger partial charge >= 0.3 is 0 Å². The Morgan fingerprint density at radius 1 is 1.67 bits per heavy atom. The molecule has 0 bridgehead atoms. The van der Waals surface area contributed by atoms with Crippen molar-refractivity contribution in [3.8, 4) is 0 Å². The van der Waals surface area contributed by atoms with Gasteiger partial charge in [0.2, 0.25) is 0 Å². The normalized spacial score (nSPS) is 18.5. The highest BCUT2D eigenvalue weighted by Gasteiger charge is 2.48. The van der Waals surface area contributed by atoms with Gasteiger partial charge in [-0.1, -0.05) is 0 Å². The summed E-state index contributed by atoms with van der Waals surface area (Å²) in [6.07, 6.45) is 4.37. The molecule has 1 fully saturated rings. The molecule has 0 saturated heterocycles. The number of nitrogens with zero attached hydrogens (tertiary/aromatic N) is 2. The third-order valence-electron chi connectivity index (χ3n) is 3.15. The molecule has 1 aliphatic rings. The van der Waals surface area contributed by atoms with Gasteiger partial charge in [0.25, 0.3) is 0 Å². The lowest BCUT2D eigenvalue weighted by molar-refractivity contribution is 0.114. The summed E-state index contributed by atoms with van der Waals surface area (Å²) in [6, 6.07) is 0. The molecule has 0 aliphatic heterocycles. The van der Waals surface area contributed by atoms with E-state index in [0.29, 0.717) is 6.61 Å². The SMILES string of the molecule is Cc1nc2sccn2c1C1(CON)CC1. The van der Waals surface area contributed by atoms with E-state index in [-0.39, 0.29) is 5.41 Å². The zero-order valence-corrected chi connectivity index (χ0v) is 9.38. The Labute approximate surface area is 91.6 Å². The van der Waals surface area contributed by atoms with Crippen LogP contribution in [0.3, 0.4) is 0 Å². The highest BCUT2D eigenvalue weighted by molar-refractivity contribution is 7.15. The monoisotopic (exact) mass is 223 g/mol. The summed E-state index contributed by atoms with van der Waals surface area (Å²) < 4.78 is 2.17. The molecule has 2 N–H and O–H groups in total. The number of hydrogen-bond donors (Lipinski definition) is 1. The minimum Gasteiger partial charge on any atom is -0.304 e. The molecule has 4 nitrogen and oxygen atoms in total. The van der Waals surface area contributed by atoms with E-state index in [1.54, 1.807) is 11.3 Å². The first-order valence-electron chi connectivity index (χ1n) is 5.01. The van der Waals surface area contributed by atoms with Gasteiger partial charge < -0.3 is 4.84 Å². The van der Waals surface area contributed by atoms with Crippen molar-refractivity contribution in [2.24, 2.45) is 5.90 Å². The number of aromatic nitrogens is 2. The lowest BCUT2D eigenvalue weighted by Crippen LogP contribution is -2.20. The Morgan fingerprint density at radius 3 is 3.13 bits per heavy atom. The molecule has 0 atom stereocenters. The molecule has 2 heterocycles. The van der Waals surface area contributed by atoms with E-state index in [9.17, 15) is 0 Å². The van der Waals surface area contributed by atoms with Gasteiger partial charge in [-0.2, -0.15) is 0 Å². The zero-order valence-electron chi connectivity index (χ0n) is 8.56. The average molecular weight is 223 g/mol. The molecular formula is C10H13N3OS. The number of fused-ring (bicyclic) bond motifs is 1. The molecule has 0 amide bonds. The van der Waals surface area contributed by atoms with Gasteiger partial charge in [0.1, 0.15) is 0 Å². The van der Waals surface area contributed by atoms with Gasteiger partial charge in [0.05, 0.1) is 18.0 Å². The first-order chi connectivity index (χ1) is 7.27. The second kappa shape index (κ2) is 3.04. The van der Waals surface area contributed by atoms with Gasteiger partial charge in [-0.3, -0.25) is 4.40 Å². The van der Waals surface area contributed by atoms with Crippen molar-refractivity contribution in [1.82, 2.24) is 9.38 Å². The van der Waals surface area contributed by atoms with Gasteiger partial charge in [0.15, 0.2) is 4.96 Å². The summed E-state index contributed by atoms with van der Waals surface area (Å²) in [4.78, 5) is 10.4. The van der Waals surface area contributed by atoms with Crippen LogP contribution in [0.25, 0.3) is 4.96 Å². The van der Waals surface area contributed by atoms with Crippen LogP contribution in [0.4, 0.5) is 0 Å². The Balaban J connectivity index is 2.16. The van der Waals surface area contributed by atoms with Crippen molar-refractivity contribution in [3.05, 3.63) is 23.0 Å². The van der Waals surface area contributed by atoms with Crippen LogP contribution in [-0.4, -0.2) is 16.0 Å². The molecule has 1 aliphatic carbocycles. The van der Waals surface area contributed by atoms with Gasteiger partial charge in [-0.25, -0.2) is 10.9 Å². The molecule has 5 heteroatoms. The maximum atomic E-state index is 5.20. The van der Waals surface area contributed by atoms with E-state index in [4.69, 9.17) is 10.7 Å². The largest absolute Gasteiger partial charge is 0.304 e. The maximum Gasteiger partial charge on any atom is 0.194 e. The number of thiazole rings is 1. The lowest BCUT2D eigenvalue weighted by atomic mass is 10.0. The zero-order chi connectivity index (χ0) is 10.5. The van der Waals surface area contributed by atoms with Crippen LogP contribution in [0, 0.1) is 6.92 Å². The highest BCUT2D eigenvalue weighted by atomic mass is 32.1.